The van der Waals surface area contributed by atoms with Crippen molar-refractivity contribution in [2.75, 3.05) is 12.8 Å². The Morgan fingerprint density at radius 1 is 1.50 bits per heavy atom. The van der Waals surface area contributed by atoms with Crippen LogP contribution in [0.15, 0.2) is 23.1 Å². The van der Waals surface area contributed by atoms with Gasteiger partial charge in [-0.2, -0.15) is 5.26 Å². The number of nitriles is 1. The molecule has 6 heteroatoms. The lowest BCUT2D eigenvalue weighted by Gasteiger charge is -2.11. The molecule has 0 saturated heterocycles. The number of benzene rings is 1. The zero-order valence-electron chi connectivity index (χ0n) is 10.3. The molecule has 0 aliphatic heterocycles. The highest BCUT2D eigenvalue weighted by molar-refractivity contribution is 7.90. The van der Waals surface area contributed by atoms with Crippen LogP contribution in [0.5, 0.6) is 0 Å². The van der Waals surface area contributed by atoms with Crippen molar-refractivity contribution in [3.05, 3.63) is 28.8 Å². The molecule has 1 aromatic rings. The number of sulfone groups is 1. The number of hydrogen-bond donors (Lipinski definition) is 1. The van der Waals surface area contributed by atoms with Crippen LogP contribution in [-0.2, 0) is 16.4 Å². The average Bonchev–Trinajstić information content (AvgIpc) is 2.29. The van der Waals surface area contributed by atoms with Gasteiger partial charge < -0.3 is 5.32 Å². The van der Waals surface area contributed by atoms with Gasteiger partial charge in [0.2, 0.25) is 0 Å². The molecule has 0 aliphatic carbocycles. The zero-order chi connectivity index (χ0) is 13.8. The fraction of sp³-hybridized carbons (Fsp3) is 0.417. The largest absolute Gasteiger partial charge is 0.311 e. The molecule has 1 atom stereocenters. The predicted molar refractivity (Wildman–Crippen MR) is 71.0 cm³/mol. The first kappa shape index (κ1) is 15.0. The van der Waals surface area contributed by atoms with Crippen LogP contribution in [0.4, 0.5) is 0 Å². The summed E-state index contributed by atoms with van der Waals surface area (Å²) in [5.41, 5.74) is 0.548. The molecule has 0 heterocycles. The first-order valence-corrected chi connectivity index (χ1v) is 7.71. The summed E-state index contributed by atoms with van der Waals surface area (Å²) in [6.45, 7) is 2.61. The Morgan fingerprint density at radius 2 is 2.17 bits per heavy atom. The van der Waals surface area contributed by atoms with Crippen molar-refractivity contribution in [1.29, 1.82) is 5.26 Å². The molecule has 98 valence electrons. The second-order valence-corrected chi connectivity index (χ2v) is 6.54. The molecule has 0 amide bonds. The number of nitrogens with zero attached hydrogens (tertiary/aromatic N) is 1. The van der Waals surface area contributed by atoms with Gasteiger partial charge in [0, 0.05) is 29.9 Å². The van der Waals surface area contributed by atoms with Crippen molar-refractivity contribution < 1.29 is 8.42 Å². The van der Waals surface area contributed by atoms with Crippen molar-refractivity contribution in [1.82, 2.24) is 5.32 Å². The van der Waals surface area contributed by atoms with E-state index in [2.05, 4.69) is 11.4 Å². The Hall–Kier alpha value is -1.09. The van der Waals surface area contributed by atoms with Gasteiger partial charge in [0.15, 0.2) is 9.84 Å². The summed E-state index contributed by atoms with van der Waals surface area (Å²) in [5, 5.41) is 12.1. The van der Waals surface area contributed by atoms with Gasteiger partial charge in [0.05, 0.1) is 16.9 Å². The topological polar surface area (TPSA) is 70.0 Å². The highest BCUT2D eigenvalue weighted by Gasteiger charge is 2.15. The summed E-state index contributed by atoms with van der Waals surface area (Å²) in [7, 11) is -3.30. The van der Waals surface area contributed by atoms with Gasteiger partial charge in [-0.25, -0.2) is 8.42 Å². The van der Waals surface area contributed by atoms with E-state index in [1.165, 1.54) is 6.07 Å². The summed E-state index contributed by atoms with van der Waals surface area (Å²) >= 11 is 6.02. The standard InChI is InChI=1S/C12H15ClN2O2S/c1-9(6-14)7-15-8-10-11(13)4-3-5-12(10)18(2,16)17/h3-5,9,15H,7-8H2,1-2H3. The van der Waals surface area contributed by atoms with Gasteiger partial charge >= 0.3 is 0 Å². The smallest absolute Gasteiger partial charge is 0.175 e. The Bertz CT molecular complexity index is 564. The zero-order valence-corrected chi connectivity index (χ0v) is 11.8. The highest BCUT2D eigenvalue weighted by atomic mass is 35.5. The Labute approximate surface area is 112 Å². The molecule has 0 aromatic heterocycles. The molecule has 18 heavy (non-hydrogen) atoms. The van der Waals surface area contributed by atoms with Crippen LogP contribution in [0.3, 0.4) is 0 Å². The van der Waals surface area contributed by atoms with Crippen molar-refractivity contribution in [3.63, 3.8) is 0 Å². The molecule has 0 bridgehead atoms. The Morgan fingerprint density at radius 3 is 2.72 bits per heavy atom. The minimum absolute atomic E-state index is 0.130. The lowest BCUT2D eigenvalue weighted by molar-refractivity contribution is 0.587. The van der Waals surface area contributed by atoms with Crippen LogP contribution >= 0.6 is 11.6 Å². The molecule has 1 unspecified atom stereocenters. The van der Waals surface area contributed by atoms with Gasteiger partial charge in [-0.05, 0) is 19.1 Å². The highest BCUT2D eigenvalue weighted by Crippen LogP contribution is 2.23. The molecule has 4 nitrogen and oxygen atoms in total. The lowest BCUT2D eigenvalue weighted by atomic mass is 10.2. The molecular formula is C12H15ClN2O2S. The van der Waals surface area contributed by atoms with Gasteiger partial charge in [0.1, 0.15) is 0 Å². The molecule has 0 aliphatic rings. The lowest BCUT2D eigenvalue weighted by Crippen LogP contribution is -2.21. The van der Waals surface area contributed by atoms with E-state index in [9.17, 15) is 8.42 Å². The van der Waals surface area contributed by atoms with Crippen molar-refractivity contribution in [2.45, 2.75) is 18.4 Å². The molecule has 0 fully saturated rings. The number of halogens is 1. The van der Waals surface area contributed by atoms with E-state index in [1.807, 2.05) is 0 Å². The molecule has 0 spiro atoms. The molecule has 0 radical (unpaired) electrons. The summed E-state index contributed by atoms with van der Waals surface area (Å²) in [4.78, 5) is 0.229. The maximum absolute atomic E-state index is 11.6. The first-order chi connectivity index (χ1) is 8.36. The Balaban J connectivity index is 2.92. The average molecular weight is 287 g/mol. The minimum Gasteiger partial charge on any atom is -0.311 e. The summed E-state index contributed by atoms with van der Waals surface area (Å²) in [5.74, 6) is -0.130. The number of nitrogens with one attached hydrogen (secondary N) is 1. The molecule has 1 N–H and O–H groups in total. The third-order valence-corrected chi connectivity index (χ3v) is 3.98. The summed E-state index contributed by atoms with van der Waals surface area (Å²) in [6, 6.07) is 6.90. The maximum atomic E-state index is 11.6. The van der Waals surface area contributed by atoms with Gasteiger partial charge in [-0.15, -0.1) is 0 Å². The summed E-state index contributed by atoms with van der Waals surface area (Å²) < 4.78 is 23.2. The van der Waals surface area contributed by atoms with Crippen LogP contribution < -0.4 is 5.32 Å². The van der Waals surface area contributed by atoms with Crippen LogP contribution in [0.25, 0.3) is 0 Å². The summed E-state index contributed by atoms with van der Waals surface area (Å²) in [6.07, 6.45) is 1.15. The van der Waals surface area contributed by atoms with Crippen LogP contribution in [0.2, 0.25) is 5.02 Å². The molecule has 1 aromatic carbocycles. The van der Waals surface area contributed by atoms with Crippen LogP contribution in [0, 0.1) is 17.2 Å². The normalized spacial score (nSPS) is 13.0. The molecular weight excluding hydrogens is 272 g/mol. The Kier molecular flexibility index (Phi) is 5.15. The van der Waals surface area contributed by atoms with Crippen molar-refractivity contribution in [3.8, 4) is 6.07 Å². The molecule has 0 saturated carbocycles. The molecule has 1 rings (SSSR count). The van der Waals surface area contributed by atoms with Crippen molar-refractivity contribution >= 4 is 21.4 Å². The monoisotopic (exact) mass is 286 g/mol. The van der Waals surface area contributed by atoms with Crippen molar-refractivity contribution in [2.24, 2.45) is 5.92 Å². The van der Waals surface area contributed by atoms with E-state index in [0.717, 1.165) is 6.26 Å². The minimum atomic E-state index is -3.30. The van der Waals surface area contributed by atoms with Gasteiger partial charge in [-0.1, -0.05) is 17.7 Å². The van der Waals surface area contributed by atoms with Gasteiger partial charge in [-0.3, -0.25) is 0 Å². The second kappa shape index (κ2) is 6.19. The van der Waals surface area contributed by atoms with E-state index in [0.29, 0.717) is 23.7 Å². The van der Waals surface area contributed by atoms with E-state index in [1.54, 1.807) is 19.1 Å². The van der Waals surface area contributed by atoms with Crippen LogP contribution in [-0.4, -0.2) is 21.2 Å². The third-order valence-electron chi connectivity index (χ3n) is 2.45. The predicted octanol–water partition coefficient (Wildman–Crippen LogP) is 1.99. The number of rotatable bonds is 5. The quantitative estimate of drug-likeness (QED) is 0.899. The number of hydrogen-bond acceptors (Lipinski definition) is 4. The van der Waals surface area contributed by atoms with E-state index >= 15 is 0 Å². The third kappa shape index (κ3) is 3.98. The SMILES string of the molecule is CC(C#N)CNCc1c(Cl)cccc1S(C)(=O)=O. The van der Waals surface area contributed by atoms with E-state index < -0.39 is 9.84 Å². The fourth-order valence-electron chi connectivity index (χ4n) is 1.52. The maximum Gasteiger partial charge on any atom is 0.175 e. The van der Waals surface area contributed by atoms with E-state index in [-0.39, 0.29) is 10.8 Å². The fourth-order valence-corrected chi connectivity index (χ4v) is 2.77. The van der Waals surface area contributed by atoms with E-state index in [4.69, 9.17) is 16.9 Å². The second-order valence-electron chi connectivity index (χ2n) is 4.15. The first-order valence-electron chi connectivity index (χ1n) is 5.44. The van der Waals surface area contributed by atoms with Crippen LogP contribution in [0.1, 0.15) is 12.5 Å². The van der Waals surface area contributed by atoms with Gasteiger partial charge in [0.25, 0.3) is 0 Å².